The number of carbonyl (C=O) groups is 2. The summed E-state index contributed by atoms with van der Waals surface area (Å²) < 4.78 is 38.7. The van der Waals surface area contributed by atoms with E-state index in [0.29, 0.717) is 12.1 Å². The zero-order valence-electron chi connectivity index (χ0n) is 16.2. The lowest BCUT2D eigenvalue weighted by molar-refractivity contribution is -0.137. The van der Waals surface area contributed by atoms with Crippen LogP contribution in [0.1, 0.15) is 35.2 Å². The predicted molar refractivity (Wildman–Crippen MR) is 111 cm³/mol. The van der Waals surface area contributed by atoms with Gasteiger partial charge in [0.1, 0.15) is 0 Å². The minimum Gasteiger partial charge on any atom is -0.343 e. The van der Waals surface area contributed by atoms with Crippen LogP contribution in [-0.2, 0) is 22.2 Å². The van der Waals surface area contributed by atoms with Crippen LogP contribution < -0.4 is 5.32 Å². The molecule has 158 valence electrons. The molecule has 0 spiro atoms. The van der Waals surface area contributed by atoms with Gasteiger partial charge >= 0.3 is 6.18 Å². The highest BCUT2D eigenvalue weighted by Gasteiger charge is 2.30. The number of halogens is 4. The number of rotatable bonds is 4. The van der Waals surface area contributed by atoms with E-state index >= 15 is 0 Å². The molecule has 1 heterocycles. The van der Waals surface area contributed by atoms with Crippen molar-refractivity contribution in [2.45, 2.75) is 25.6 Å². The lowest BCUT2D eigenvalue weighted by atomic mass is 9.93. The van der Waals surface area contributed by atoms with Crippen LogP contribution in [0.15, 0.2) is 53.0 Å². The molecule has 1 aliphatic heterocycles. The fraction of sp³-hybridized carbons (Fsp3) is 0.273. The van der Waals surface area contributed by atoms with Crippen molar-refractivity contribution in [3.8, 4) is 0 Å². The van der Waals surface area contributed by atoms with E-state index in [0.717, 1.165) is 28.6 Å². The Hall–Kier alpha value is -2.61. The van der Waals surface area contributed by atoms with Crippen molar-refractivity contribution < 1.29 is 22.8 Å². The van der Waals surface area contributed by atoms with Gasteiger partial charge in [-0.2, -0.15) is 13.2 Å². The number of amides is 2. The van der Waals surface area contributed by atoms with E-state index in [9.17, 15) is 22.8 Å². The van der Waals surface area contributed by atoms with E-state index in [4.69, 9.17) is 0 Å². The molecule has 0 aromatic heterocycles. The second kappa shape index (κ2) is 9.04. The first-order chi connectivity index (χ1) is 14.1. The van der Waals surface area contributed by atoms with Crippen LogP contribution in [0.3, 0.4) is 0 Å². The summed E-state index contributed by atoms with van der Waals surface area (Å²) in [5.41, 5.74) is 1.99. The molecule has 0 fully saturated rings. The summed E-state index contributed by atoms with van der Waals surface area (Å²) in [5.74, 6) is -0.676. The smallest absolute Gasteiger partial charge is 0.343 e. The maximum atomic E-state index is 12.6. The lowest BCUT2D eigenvalue weighted by Gasteiger charge is -2.35. The average Bonchev–Trinajstić information content (AvgIpc) is 2.70. The summed E-state index contributed by atoms with van der Waals surface area (Å²) in [6.45, 7) is 2.38. The summed E-state index contributed by atoms with van der Waals surface area (Å²) in [4.78, 5) is 26.3. The first-order valence-electron chi connectivity index (χ1n) is 9.36. The molecule has 3 rings (SSSR count). The molecule has 30 heavy (non-hydrogen) atoms. The standard InChI is InChI=1S/C22H20BrF3N2O2/c1-14-19-8-7-18(23)12-16(19)10-11-28(14)21(30)13-27-20(29)9-4-15-2-5-17(6-3-15)22(24,25)26/h2-9,12,14H,10-11,13H2,1H3,(H,27,29)/b9-4+. The molecule has 2 aromatic carbocycles. The van der Waals surface area contributed by atoms with Crippen molar-refractivity contribution in [2.75, 3.05) is 13.1 Å². The third-order valence-corrected chi connectivity index (χ3v) is 5.54. The fourth-order valence-corrected chi connectivity index (χ4v) is 3.83. The third kappa shape index (κ3) is 5.30. The van der Waals surface area contributed by atoms with Gasteiger partial charge in [0.2, 0.25) is 11.8 Å². The second-order valence-electron chi connectivity index (χ2n) is 7.03. The Morgan fingerprint density at radius 3 is 2.57 bits per heavy atom. The third-order valence-electron chi connectivity index (χ3n) is 5.04. The Morgan fingerprint density at radius 1 is 1.20 bits per heavy atom. The molecule has 2 aromatic rings. The fourth-order valence-electron chi connectivity index (χ4n) is 3.42. The summed E-state index contributed by atoms with van der Waals surface area (Å²) in [5, 5.41) is 2.53. The number of nitrogens with one attached hydrogen (secondary N) is 1. The Balaban J connectivity index is 1.54. The highest BCUT2D eigenvalue weighted by atomic mass is 79.9. The van der Waals surface area contributed by atoms with Gasteiger partial charge < -0.3 is 10.2 Å². The average molecular weight is 481 g/mol. The molecule has 0 saturated heterocycles. The molecule has 1 N–H and O–H groups in total. The SMILES string of the molecule is CC1c2ccc(Br)cc2CCN1C(=O)CNC(=O)/C=C/c1ccc(C(F)(F)F)cc1. The van der Waals surface area contributed by atoms with Crippen LogP contribution in [0.2, 0.25) is 0 Å². The van der Waals surface area contributed by atoms with E-state index < -0.39 is 17.6 Å². The number of alkyl halides is 3. The highest BCUT2D eigenvalue weighted by Crippen LogP contribution is 2.31. The number of nitrogens with zero attached hydrogens (tertiary/aromatic N) is 1. The van der Waals surface area contributed by atoms with Gasteiger partial charge in [-0.05, 0) is 60.4 Å². The van der Waals surface area contributed by atoms with Crippen molar-refractivity contribution in [3.05, 3.63) is 75.3 Å². The Morgan fingerprint density at radius 2 is 1.90 bits per heavy atom. The quantitative estimate of drug-likeness (QED) is 0.642. The summed E-state index contributed by atoms with van der Waals surface area (Å²) in [7, 11) is 0. The van der Waals surface area contributed by atoms with Crippen molar-refractivity contribution in [2.24, 2.45) is 0 Å². The summed E-state index contributed by atoms with van der Waals surface area (Å²) >= 11 is 3.45. The monoisotopic (exact) mass is 480 g/mol. The normalized spacial score (nSPS) is 16.4. The predicted octanol–water partition coefficient (Wildman–Crippen LogP) is 4.74. The van der Waals surface area contributed by atoms with Crippen LogP contribution in [0, 0.1) is 0 Å². The molecule has 0 aliphatic carbocycles. The van der Waals surface area contributed by atoms with Crippen molar-refractivity contribution >= 4 is 33.8 Å². The van der Waals surface area contributed by atoms with Crippen LogP contribution in [0.5, 0.6) is 0 Å². The van der Waals surface area contributed by atoms with Crippen molar-refractivity contribution in [3.63, 3.8) is 0 Å². The summed E-state index contributed by atoms with van der Waals surface area (Å²) in [6, 6.07) is 10.4. The molecule has 1 atom stereocenters. The molecule has 0 saturated carbocycles. The molecule has 2 amide bonds. The number of hydrogen-bond donors (Lipinski definition) is 1. The van der Waals surface area contributed by atoms with Gasteiger partial charge in [-0.3, -0.25) is 9.59 Å². The van der Waals surface area contributed by atoms with E-state index in [-0.39, 0.29) is 18.5 Å². The van der Waals surface area contributed by atoms with Crippen LogP contribution in [-0.4, -0.2) is 29.8 Å². The van der Waals surface area contributed by atoms with Gasteiger partial charge in [0, 0.05) is 17.1 Å². The zero-order valence-corrected chi connectivity index (χ0v) is 17.8. The Labute approximate surface area is 180 Å². The minimum absolute atomic E-state index is 0.0889. The minimum atomic E-state index is -4.40. The van der Waals surface area contributed by atoms with Crippen LogP contribution >= 0.6 is 15.9 Å². The van der Waals surface area contributed by atoms with Gasteiger partial charge in [0.15, 0.2) is 0 Å². The Bertz CT molecular complexity index is 971. The first kappa shape index (κ1) is 22.1. The molecule has 4 nitrogen and oxygen atoms in total. The van der Waals surface area contributed by atoms with Gasteiger partial charge in [-0.15, -0.1) is 0 Å². The van der Waals surface area contributed by atoms with Gasteiger partial charge in [-0.25, -0.2) is 0 Å². The molecule has 8 heteroatoms. The number of hydrogen-bond acceptors (Lipinski definition) is 2. The van der Waals surface area contributed by atoms with Crippen molar-refractivity contribution in [1.29, 1.82) is 0 Å². The molecular formula is C22H20BrF3N2O2. The van der Waals surface area contributed by atoms with E-state index in [2.05, 4.69) is 27.3 Å². The molecule has 1 unspecified atom stereocenters. The topological polar surface area (TPSA) is 49.4 Å². The molecule has 1 aliphatic rings. The Kier molecular flexibility index (Phi) is 6.65. The van der Waals surface area contributed by atoms with Gasteiger partial charge in [0.05, 0.1) is 18.2 Å². The van der Waals surface area contributed by atoms with E-state index in [1.54, 1.807) is 4.90 Å². The number of fused-ring (bicyclic) bond motifs is 1. The molecular weight excluding hydrogens is 461 g/mol. The van der Waals surface area contributed by atoms with Crippen LogP contribution in [0.4, 0.5) is 13.2 Å². The first-order valence-corrected chi connectivity index (χ1v) is 10.2. The highest BCUT2D eigenvalue weighted by molar-refractivity contribution is 9.10. The van der Waals surface area contributed by atoms with Crippen LogP contribution in [0.25, 0.3) is 6.08 Å². The van der Waals surface area contributed by atoms with E-state index in [1.807, 2.05) is 19.1 Å². The number of carbonyl (C=O) groups excluding carboxylic acids is 2. The maximum Gasteiger partial charge on any atom is 0.416 e. The molecule has 0 radical (unpaired) electrons. The lowest BCUT2D eigenvalue weighted by Crippen LogP contribution is -2.44. The zero-order chi connectivity index (χ0) is 21.9. The van der Waals surface area contributed by atoms with E-state index in [1.165, 1.54) is 29.8 Å². The van der Waals surface area contributed by atoms with Gasteiger partial charge in [0.25, 0.3) is 0 Å². The number of benzene rings is 2. The largest absolute Gasteiger partial charge is 0.416 e. The van der Waals surface area contributed by atoms with Crippen molar-refractivity contribution in [1.82, 2.24) is 10.2 Å². The second-order valence-corrected chi connectivity index (χ2v) is 7.94. The molecule has 0 bridgehead atoms. The maximum absolute atomic E-state index is 12.6. The van der Waals surface area contributed by atoms with Gasteiger partial charge in [-0.1, -0.05) is 34.1 Å². The summed E-state index contributed by atoms with van der Waals surface area (Å²) in [6.07, 6.45) is -1.06.